The molecule has 8 aromatic carbocycles. The van der Waals surface area contributed by atoms with Crippen LogP contribution in [0.1, 0.15) is 0 Å². The van der Waals surface area contributed by atoms with Gasteiger partial charge < -0.3 is 9.32 Å². The Labute approximate surface area is 310 Å². The topological polar surface area (TPSA) is 29.3 Å². The van der Waals surface area contributed by atoms with Crippen molar-refractivity contribution in [2.45, 2.75) is 0 Å². The van der Waals surface area contributed by atoms with Crippen molar-refractivity contribution in [2.24, 2.45) is 0 Å². The molecule has 1 heterocycles. The number of benzene rings is 8. The zero-order valence-electron chi connectivity index (χ0n) is 29.4. The van der Waals surface area contributed by atoms with Gasteiger partial charge in [-0.05, 0) is 110 Å². The van der Waals surface area contributed by atoms with E-state index in [0.717, 1.165) is 33.6 Å². The van der Waals surface area contributed by atoms with Crippen LogP contribution in [0.4, 0.5) is 11.4 Å². The monoisotopic (exact) mass is 680 g/mol. The van der Waals surface area contributed by atoms with Gasteiger partial charge in [-0.1, -0.05) is 146 Å². The van der Waals surface area contributed by atoms with E-state index in [-0.39, 0.29) is 0 Å². The summed E-state index contributed by atoms with van der Waals surface area (Å²) in [6.45, 7) is 0. The summed E-state index contributed by atoms with van der Waals surface area (Å²) in [4.78, 5) is 6.92. The largest absolute Gasteiger partial charge is 0.436 e. The van der Waals surface area contributed by atoms with E-state index in [1.807, 2.05) is 24.3 Å². The Morgan fingerprint density at radius 1 is 0.358 bits per heavy atom. The Hall–Kier alpha value is -6.97. The molecule has 1 aromatic heterocycles. The van der Waals surface area contributed by atoms with Crippen LogP contribution in [-0.4, -0.2) is 12.0 Å². The second-order valence-corrected chi connectivity index (χ2v) is 13.3. The molecule has 0 aliphatic heterocycles. The highest BCUT2D eigenvalue weighted by Gasteiger charge is 2.14. The highest BCUT2D eigenvalue weighted by molar-refractivity contribution is 5.92. The lowest BCUT2D eigenvalue weighted by molar-refractivity contribution is 0.620. The molecule has 0 saturated heterocycles. The van der Waals surface area contributed by atoms with Crippen LogP contribution in [-0.2, 0) is 0 Å². The van der Waals surface area contributed by atoms with E-state index in [4.69, 9.17) is 4.42 Å². The summed E-state index contributed by atoms with van der Waals surface area (Å²) in [5.41, 5.74) is 16.8. The van der Waals surface area contributed by atoms with Crippen molar-refractivity contribution in [3.8, 4) is 67.1 Å². The van der Waals surface area contributed by atoms with Crippen molar-refractivity contribution < 1.29 is 4.42 Å². The van der Waals surface area contributed by atoms with E-state index in [0.29, 0.717) is 5.89 Å². The molecule has 0 amide bonds. The summed E-state index contributed by atoms with van der Waals surface area (Å²) in [5.74, 6) is 0.632. The van der Waals surface area contributed by atoms with Crippen LogP contribution in [0.15, 0.2) is 205 Å². The molecule has 0 unspecified atom stereocenters. The minimum absolute atomic E-state index is 0.632. The predicted molar refractivity (Wildman–Crippen MR) is 221 cm³/mol. The quantitative estimate of drug-likeness (QED) is 0.160. The van der Waals surface area contributed by atoms with E-state index in [1.165, 1.54) is 50.1 Å². The Balaban J connectivity index is 0.960. The van der Waals surface area contributed by atoms with Gasteiger partial charge in [0.05, 0.1) is 0 Å². The van der Waals surface area contributed by atoms with E-state index >= 15 is 0 Å². The zero-order chi connectivity index (χ0) is 35.6. The molecule has 0 N–H and O–H groups in total. The van der Waals surface area contributed by atoms with Crippen molar-refractivity contribution in [3.05, 3.63) is 200 Å². The van der Waals surface area contributed by atoms with Crippen molar-refractivity contribution in [3.63, 3.8) is 0 Å². The molecular formula is C50H36N2O. The lowest BCUT2D eigenvalue weighted by Crippen LogP contribution is -2.09. The first kappa shape index (κ1) is 32.0. The maximum absolute atomic E-state index is 6.03. The normalized spacial score (nSPS) is 11.1. The standard InChI is InChI=1S/C50H36N2O/c1-52(42-30-26-36(27-31-42)41-15-11-14-40(34-41)35-12-3-2-4-13-35)43-32-28-38(29-33-43)45-17-6-8-19-47(45)46-18-7-5-16-44(46)37-22-24-39(25-23-37)50-51-48-20-9-10-21-49(48)53-50/h2-34H,1H3. The number of hydrogen-bond donors (Lipinski definition) is 0. The third-order valence-corrected chi connectivity index (χ3v) is 10.0. The summed E-state index contributed by atoms with van der Waals surface area (Å²) in [6, 6.07) is 70.7. The van der Waals surface area contributed by atoms with Gasteiger partial charge in [-0.2, -0.15) is 0 Å². The minimum atomic E-state index is 0.632. The van der Waals surface area contributed by atoms with E-state index in [1.54, 1.807) is 0 Å². The lowest BCUT2D eigenvalue weighted by Gasteiger charge is -2.21. The first-order valence-corrected chi connectivity index (χ1v) is 17.9. The number of para-hydroxylation sites is 2. The van der Waals surface area contributed by atoms with Gasteiger partial charge in [-0.3, -0.25) is 0 Å². The molecule has 0 radical (unpaired) electrons. The average molecular weight is 681 g/mol. The van der Waals surface area contributed by atoms with Crippen LogP contribution < -0.4 is 4.90 Å². The first-order valence-electron chi connectivity index (χ1n) is 17.9. The molecular weight excluding hydrogens is 645 g/mol. The maximum Gasteiger partial charge on any atom is 0.227 e. The number of fused-ring (bicyclic) bond motifs is 1. The van der Waals surface area contributed by atoms with Gasteiger partial charge in [-0.15, -0.1) is 0 Å². The van der Waals surface area contributed by atoms with Crippen LogP contribution in [0.2, 0.25) is 0 Å². The second kappa shape index (κ2) is 14.0. The second-order valence-electron chi connectivity index (χ2n) is 13.3. The molecule has 53 heavy (non-hydrogen) atoms. The Morgan fingerprint density at radius 2 is 0.792 bits per heavy atom. The molecule has 0 bridgehead atoms. The Morgan fingerprint density at radius 3 is 1.38 bits per heavy atom. The Bertz CT molecular complexity index is 2620. The van der Waals surface area contributed by atoms with E-state index < -0.39 is 0 Å². The lowest BCUT2D eigenvalue weighted by atomic mass is 9.89. The van der Waals surface area contributed by atoms with Gasteiger partial charge in [0.2, 0.25) is 5.89 Å². The smallest absolute Gasteiger partial charge is 0.227 e. The zero-order valence-corrected chi connectivity index (χ0v) is 29.4. The van der Waals surface area contributed by atoms with Crippen molar-refractivity contribution >= 4 is 22.5 Å². The fourth-order valence-corrected chi connectivity index (χ4v) is 7.13. The van der Waals surface area contributed by atoms with Crippen LogP contribution >= 0.6 is 0 Å². The maximum atomic E-state index is 6.03. The number of anilines is 2. The summed E-state index contributed by atoms with van der Waals surface area (Å²) in [5, 5.41) is 0. The third kappa shape index (κ3) is 6.41. The molecule has 9 rings (SSSR count). The fourth-order valence-electron chi connectivity index (χ4n) is 7.13. The molecule has 0 aliphatic rings. The summed E-state index contributed by atoms with van der Waals surface area (Å²) < 4.78 is 6.03. The van der Waals surface area contributed by atoms with Gasteiger partial charge in [-0.25, -0.2) is 4.98 Å². The molecule has 252 valence electrons. The highest BCUT2D eigenvalue weighted by Crippen LogP contribution is 2.39. The van der Waals surface area contributed by atoms with Gasteiger partial charge in [0, 0.05) is 24.0 Å². The molecule has 0 fully saturated rings. The summed E-state index contributed by atoms with van der Waals surface area (Å²) in [7, 11) is 2.12. The SMILES string of the molecule is CN(c1ccc(-c2cccc(-c3ccccc3)c2)cc1)c1ccc(-c2ccccc2-c2ccccc2-c2ccc(-c3nc4ccccc4o3)cc2)cc1. The number of hydrogen-bond acceptors (Lipinski definition) is 3. The molecule has 0 aliphatic carbocycles. The summed E-state index contributed by atoms with van der Waals surface area (Å²) in [6.07, 6.45) is 0. The van der Waals surface area contributed by atoms with Gasteiger partial charge >= 0.3 is 0 Å². The molecule has 3 heteroatoms. The number of nitrogens with zero attached hydrogens (tertiary/aromatic N) is 2. The predicted octanol–water partition coefficient (Wildman–Crippen LogP) is 13.6. The number of aromatic nitrogens is 1. The molecule has 0 atom stereocenters. The minimum Gasteiger partial charge on any atom is -0.436 e. The van der Waals surface area contributed by atoms with Gasteiger partial charge in [0.25, 0.3) is 0 Å². The molecule has 0 saturated carbocycles. The number of oxazole rings is 1. The van der Waals surface area contributed by atoms with Crippen LogP contribution in [0.3, 0.4) is 0 Å². The molecule has 0 spiro atoms. The van der Waals surface area contributed by atoms with Gasteiger partial charge in [0.1, 0.15) is 5.52 Å². The highest BCUT2D eigenvalue weighted by atomic mass is 16.3. The van der Waals surface area contributed by atoms with Crippen LogP contribution in [0, 0.1) is 0 Å². The van der Waals surface area contributed by atoms with Crippen molar-refractivity contribution in [1.29, 1.82) is 0 Å². The fraction of sp³-hybridized carbons (Fsp3) is 0.0200. The average Bonchev–Trinajstić information content (AvgIpc) is 3.69. The first-order chi connectivity index (χ1) is 26.2. The van der Waals surface area contributed by atoms with Crippen LogP contribution in [0.25, 0.3) is 78.2 Å². The van der Waals surface area contributed by atoms with Crippen molar-refractivity contribution in [1.82, 2.24) is 4.98 Å². The molecule has 9 aromatic rings. The van der Waals surface area contributed by atoms with Crippen LogP contribution in [0.5, 0.6) is 0 Å². The van der Waals surface area contributed by atoms with E-state index in [9.17, 15) is 0 Å². The number of rotatable bonds is 8. The third-order valence-electron chi connectivity index (χ3n) is 10.0. The van der Waals surface area contributed by atoms with E-state index in [2.05, 4.69) is 193 Å². The summed E-state index contributed by atoms with van der Waals surface area (Å²) >= 11 is 0. The Kier molecular flexibility index (Phi) is 8.43. The van der Waals surface area contributed by atoms with Crippen molar-refractivity contribution in [2.75, 3.05) is 11.9 Å². The molecule has 3 nitrogen and oxygen atoms in total. The van der Waals surface area contributed by atoms with Gasteiger partial charge in [0.15, 0.2) is 5.58 Å².